The summed E-state index contributed by atoms with van der Waals surface area (Å²) in [6, 6.07) is 0. The molecule has 0 radical (unpaired) electrons. The fourth-order valence-electron chi connectivity index (χ4n) is 0.565. The van der Waals surface area contributed by atoms with Crippen LogP contribution in [0.15, 0.2) is 0 Å². The molecule has 0 fully saturated rings. The van der Waals surface area contributed by atoms with Gasteiger partial charge >= 0.3 is 92.4 Å². The van der Waals surface area contributed by atoms with Gasteiger partial charge in [-0.25, -0.2) is 28.8 Å². The van der Waals surface area contributed by atoms with Gasteiger partial charge < -0.3 is 45.7 Å². The van der Waals surface area contributed by atoms with Gasteiger partial charge in [0.1, 0.15) is 0 Å². The zero-order valence-electron chi connectivity index (χ0n) is 25.1. The standard InChI is InChI=1S/3C2H2O4.3CH4O6S2.BO3.3Li/c3*3-1(4)2(5)6;3*2-8(3,4)1-9(5,6)7;2-1(3)4;;;/h3*(H,3,4)(H,5,6);3*1H2,(H,2,3,4)(H,5,6,7);;;;/q;;;;;;-3;3*+1. The van der Waals surface area contributed by atoms with Gasteiger partial charge in [-0.15, -0.1) is 0 Å². The monoisotopic (exact) mass is 878 g/mol. The van der Waals surface area contributed by atoms with Gasteiger partial charge in [-0.3, -0.25) is 34.6 Å². The summed E-state index contributed by atoms with van der Waals surface area (Å²) in [6.45, 7) is 0. The molecule has 0 atom stereocenters. The molecule has 33 nitrogen and oxygen atoms in total. The van der Waals surface area contributed by atoms with Crippen LogP contribution in [0, 0.1) is 0 Å². The van der Waals surface area contributed by atoms with Crippen molar-refractivity contribution >= 4 is 104 Å². The van der Waals surface area contributed by atoms with Crippen molar-refractivity contribution < 1.29 is 209 Å². The van der Waals surface area contributed by atoms with E-state index >= 15 is 0 Å². The molecule has 52 heavy (non-hydrogen) atoms. The number of aliphatic carboxylic acids is 6. The summed E-state index contributed by atoms with van der Waals surface area (Å²) in [5.74, 6) is -10.9. The first-order valence-corrected chi connectivity index (χ1v) is 18.5. The molecule has 0 aliphatic rings. The predicted octanol–water partition coefficient (Wildman–Crippen LogP) is -19.3. The van der Waals surface area contributed by atoms with Crippen LogP contribution in [0.1, 0.15) is 0 Å². The van der Waals surface area contributed by atoms with Crippen LogP contribution in [0.3, 0.4) is 0 Å². The Labute approximate surface area is 325 Å². The third-order valence-electron chi connectivity index (χ3n) is 1.44. The van der Waals surface area contributed by atoms with Gasteiger partial charge in [0, 0.05) is 0 Å². The zero-order valence-corrected chi connectivity index (χ0v) is 30.0. The molecule has 294 valence electrons. The van der Waals surface area contributed by atoms with Crippen molar-refractivity contribution in [2.24, 2.45) is 0 Å². The Morgan fingerprint density at radius 2 is 0.385 bits per heavy atom. The Kier molecular flexibility index (Phi) is 48.5. The summed E-state index contributed by atoms with van der Waals surface area (Å²) in [7, 11) is -30.6. The second-order valence-electron chi connectivity index (χ2n) is 5.96. The average molecular weight is 878 g/mol. The number of rotatable bonds is 6. The number of hydrogen-bond donors (Lipinski definition) is 12. The van der Waals surface area contributed by atoms with Crippen LogP contribution < -0.4 is 71.7 Å². The first kappa shape index (κ1) is 75.0. The van der Waals surface area contributed by atoms with E-state index in [1.165, 1.54) is 0 Å². The molecule has 0 saturated carbocycles. The fourth-order valence-corrected chi connectivity index (χ4v) is 5.08. The average Bonchev–Trinajstić information content (AvgIpc) is 2.67. The summed E-state index contributed by atoms with van der Waals surface area (Å²) in [5.41, 5.74) is 0. The van der Waals surface area contributed by atoms with Crippen LogP contribution in [0.5, 0.6) is 0 Å². The minimum absolute atomic E-state index is 0. The molecule has 0 heterocycles. The van der Waals surface area contributed by atoms with E-state index in [0.29, 0.717) is 0 Å². The Morgan fingerprint density at radius 1 is 0.327 bits per heavy atom. The fraction of sp³-hybridized carbons (Fsp3) is 0.333. The summed E-state index contributed by atoms with van der Waals surface area (Å²) in [4.78, 5) is 54.6. The van der Waals surface area contributed by atoms with Gasteiger partial charge in [0.25, 0.3) is 60.7 Å². The Bertz CT molecular complexity index is 1430. The number of carbonyl (C=O) groups is 6. The number of hydrogen-bond acceptors (Lipinski definition) is 21. The van der Waals surface area contributed by atoms with Crippen molar-refractivity contribution in [1.29, 1.82) is 0 Å². The zero-order chi connectivity index (χ0) is 42.2. The van der Waals surface area contributed by atoms with Crippen LogP contribution >= 0.6 is 0 Å². The molecule has 0 unspecified atom stereocenters. The maximum absolute atomic E-state index is 9.66. The maximum atomic E-state index is 9.66. The smallest absolute Gasteiger partial charge is 0.907 e. The van der Waals surface area contributed by atoms with Gasteiger partial charge in [0.15, 0.2) is 0 Å². The van der Waals surface area contributed by atoms with Crippen LogP contribution in [0.2, 0.25) is 0 Å². The van der Waals surface area contributed by atoms with Gasteiger partial charge in [-0.05, 0) is 0 Å². The summed E-state index contributed by atoms with van der Waals surface area (Å²) in [6.07, 6.45) is 0. The van der Waals surface area contributed by atoms with Gasteiger partial charge in [-0.2, -0.15) is 50.5 Å². The molecule has 0 rings (SSSR count). The maximum Gasteiger partial charge on any atom is 1.00 e. The molecule has 12 N–H and O–H groups in total. The van der Waals surface area contributed by atoms with Crippen LogP contribution in [-0.2, 0) is 89.5 Å². The molecule has 43 heteroatoms. The summed E-state index contributed by atoms with van der Waals surface area (Å²) in [5, 5.41) is 64.6. The normalized spacial score (nSPS) is 10.1. The third kappa shape index (κ3) is 135. The number of carboxylic acids is 6. The van der Waals surface area contributed by atoms with Gasteiger partial charge in [0.2, 0.25) is 15.3 Å². The Hall–Kier alpha value is -1.98. The minimum Gasteiger partial charge on any atom is -0.907 e. The summed E-state index contributed by atoms with van der Waals surface area (Å²) < 4.78 is 163. The Balaban J connectivity index is -0.0000000497. The second kappa shape index (κ2) is 33.6. The molecule has 0 aliphatic carbocycles. The van der Waals surface area contributed by atoms with E-state index in [9.17, 15) is 50.5 Å². The topological polar surface area (TPSA) is 619 Å². The molecular formula is C9H18BLi3O33S6. The quantitative estimate of drug-likeness (QED) is 0.0669. The van der Waals surface area contributed by atoms with E-state index in [2.05, 4.69) is 0 Å². The van der Waals surface area contributed by atoms with E-state index in [4.69, 9.17) is 102 Å². The van der Waals surface area contributed by atoms with E-state index in [1.807, 2.05) is 0 Å². The van der Waals surface area contributed by atoms with Crippen molar-refractivity contribution in [1.82, 2.24) is 0 Å². The van der Waals surface area contributed by atoms with Gasteiger partial charge in [0.05, 0.1) is 0 Å². The van der Waals surface area contributed by atoms with E-state index < -0.39 is 119 Å². The molecule has 0 aliphatic heterocycles. The molecule has 0 amide bonds. The predicted molar refractivity (Wildman–Crippen MR) is 135 cm³/mol. The SMILES string of the molecule is O=C(O)C(=O)O.O=C(O)C(=O)O.O=C(O)C(=O)O.O=S(=O)(O)CS(=O)(=O)O.O=S(=O)(O)CS(=O)(=O)O.O=S(=O)(O)CS(=O)(=O)O.[Li+].[Li+].[Li+].[O-]B([O-])[O-]. The second-order valence-corrected chi connectivity index (χ2v) is 15.8. The van der Waals surface area contributed by atoms with E-state index in [0.717, 1.165) is 0 Å². The molecule has 0 spiro atoms. The van der Waals surface area contributed by atoms with E-state index in [-0.39, 0.29) is 56.6 Å². The molecule has 0 saturated heterocycles. The molecule has 0 bridgehead atoms. The van der Waals surface area contributed by atoms with Crippen molar-refractivity contribution in [3.63, 3.8) is 0 Å². The van der Waals surface area contributed by atoms with E-state index in [1.54, 1.807) is 0 Å². The largest absolute Gasteiger partial charge is 1.00 e. The molecule has 0 aromatic rings. The van der Waals surface area contributed by atoms with Crippen LogP contribution in [-0.4, -0.2) is 167 Å². The molecule has 0 aromatic heterocycles. The Morgan fingerprint density at radius 3 is 0.385 bits per heavy atom. The van der Waals surface area contributed by atoms with Gasteiger partial charge in [-0.1, -0.05) is 0 Å². The van der Waals surface area contributed by atoms with Crippen molar-refractivity contribution in [2.75, 3.05) is 15.3 Å². The van der Waals surface area contributed by atoms with Crippen molar-refractivity contribution in [3.8, 4) is 0 Å². The molecule has 0 aromatic carbocycles. The van der Waals surface area contributed by atoms with Crippen molar-refractivity contribution in [3.05, 3.63) is 0 Å². The minimum atomic E-state index is -4.62. The first-order valence-electron chi connectivity index (χ1n) is 8.85. The summed E-state index contributed by atoms with van der Waals surface area (Å²) >= 11 is 0. The van der Waals surface area contributed by atoms with Crippen LogP contribution in [0.4, 0.5) is 0 Å². The number of carboxylic acid groups (broad SMARTS) is 6. The first-order chi connectivity index (χ1) is 20.8. The molecular weight excluding hydrogens is 860 g/mol. The third-order valence-corrected chi connectivity index (χ3v) is 8.59. The van der Waals surface area contributed by atoms with Crippen LogP contribution in [0.25, 0.3) is 0 Å². The van der Waals surface area contributed by atoms with Crippen molar-refractivity contribution in [2.45, 2.75) is 0 Å².